The van der Waals surface area contributed by atoms with Crippen LogP contribution >= 0.6 is 11.3 Å². The lowest BCUT2D eigenvalue weighted by Crippen LogP contribution is -2.22. The molecule has 0 spiro atoms. The van der Waals surface area contributed by atoms with Crippen LogP contribution in [0.4, 0.5) is 0 Å². The van der Waals surface area contributed by atoms with Crippen molar-refractivity contribution in [1.29, 1.82) is 0 Å². The zero-order valence-corrected chi connectivity index (χ0v) is 11.8. The molecule has 1 unspecified atom stereocenters. The van der Waals surface area contributed by atoms with Gasteiger partial charge in [0, 0.05) is 17.8 Å². The van der Waals surface area contributed by atoms with Crippen molar-refractivity contribution in [2.24, 2.45) is 0 Å². The minimum Gasteiger partial charge on any atom is -0.316 e. The second-order valence-electron chi connectivity index (χ2n) is 4.48. The maximum atomic E-state index is 4.57. The fourth-order valence-corrected chi connectivity index (χ4v) is 2.73. The highest BCUT2D eigenvalue weighted by Gasteiger charge is 2.13. The number of hydrogen-bond acceptors (Lipinski definition) is 3. The summed E-state index contributed by atoms with van der Waals surface area (Å²) in [4.78, 5) is 4.57. The van der Waals surface area contributed by atoms with Gasteiger partial charge in [0.05, 0.1) is 10.7 Å². The number of nitrogens with zero attached hydrogens (tertiary/aromatic N) is 1. The molecule has 96 valence electrons. The first kappa shape index (κ1) is 13.2. The minimum atomic E-state index is 0.507. The van der Waals surface area contributed by atoms with Crippen molar-refractivity contribution in [2.45, 2.75) is 26.2 Å². The van der Waals surface area contributed by atoms with E-state index in [1.165, 1.54) is 11.3 Å². The number of aromatic nitrogens is 1. The zero-order valence-electron chi connectivity index (χ0n) is 11.0. The van der Waals surface area contributed by atoms with E-state index in [0.29, 0.717) is 5.92 Å². The van der Waals surface area contributed by atoms with Gasteiger partial charge < -0.3 is 5.32 Å². The Hall–Kier alpha value is -1.19. The molecule has 1 aromatic carbocycles. The average Bonchev–Trinajstić information content (AvgIpc) is 2.81. The van der Waals surface area contributed by atoms with Crippen molar-refractivity contribution in [1.82, 2.24) is 10.3 Å². The molecular formula is C15H20N2S. The quantitative estimate of drug-likeness (QED) is 0.861. The lowest BCUT2D eigenvalue weighted by atomic mass is 9.94. The van der Waals surface area contributed by atoms with Gasteiger partial charge in [-0.05, 0) is 25.5 Å². The van der Waals surface area contributed by atoms with Crippen LogP contribution in [0.5, 0.6) is 0 Å². The SMILES string of the molecule is CCNCC(Cc1csc(C)n1)c1ccccc1. The van der Waals surface area contributed by atoms with Gasteiger partial charge in [0.2, 0.25) is 0 Å². The molecular weight excluding hydrogens is 240 g/mol. The van der Waals surface area contributed by atoms with Crippen molar-refractivity contribution in [3.63, 3.8) is 0 Å². The van der Waals surface area contributed by atoms with Crippen LogP contribution in [0.2, 0.25) is 0 Å². The molecule has 0 amide bonds. The lowest BCUT2D eigenvalue weighted by molar-refractivity contribution is 0.590. The number of rotatable bonds is 6. The topological polar surface area (TPSA) is 24.9 Å². The molecule has 3 heteroatoms. The number of nitrogens with one attached hydrogen (secondary N) is 1. The molecule has 0 saturated carbocycles. The molecule has 1 atom stereocenters. The molecule has 0 aliphatic rings. The summed E-state index contributed by atoms with van der Waals surface area (Å²) in [6, 6.07) is 10.7. The highest BCUT2D eigenvalue weighted by atomic mass is 32.1. The fraction of sp³-hybridized carbons (Fsp3) is 0.400. The Bertz CT molecular complexity index is 464. The second kappa shape index (κ2) is 6.66. The normalized spacial score (nSPS) is 12.6. The third-order valence-corrected chi connectivity index (χ3v) is 3.86. The van der Waals surface area contributed by atoms with Gasteiger partial charge in [-0.15, -0.1) is 11.3 Å². The molecule has 1 aromatic heterocycles. The molecule has 18 heavy (non-hydrogen) atoms. The standard InChI is InChI=1S/C15H20N2S/c1-3-16-10-14(13-7-5-4-6-8-13)9-15-11-18-12(2)17-15/h4-8,11,14,16H,3,9-10H2,1-2H3. The summed E-state index contributed by atoms with van der Waals surface area (Å²) in [5, 5.41) is 6.78. The van der Waals surface area contributed by atoms with E-state index < -0.39 is 0 Å². The van der Waals surface area contributed by atoms with Gasteiger partial charge in [-0.3, -0.25) is 0 Å². The smallest absolute Gasteiger partial charge is 0.0897 e. The Kier molecular flexibility index (Phi) is 4.90. The average molecular weight is 260 g/mol. The largest absolute Gasteiger partial charge is 0.316 e. The van der Waals surface area contributed by atoms with Crippen LogP contribution in [0.3, 0.4) is 0 Å². The Labute approximate surface area is 113 Å². The maximum absolute atomic E-state index is 4.57. The first-order chi connectivity index (χ1) is 8.79. The van der Waals surface area contributed by atoms with Gasteiger partial charge in [-0.2, -0.15) is 0 Å². The summed E-state index contributed by atoms with van der Waals surface area (Å²) in [6.07, 6.45) is 1.02. The van der Waals surface area contributed by atoms with Crippen LogP contribution in [0.25, 0.3) is 0 Å². The number of likely N-dealkylation sites (N-methyl/N-ethyl adjacent to an activating group) is 1. The van der Waals surface area contributed by atoms with Crippen molar-refractivity contribution in [3.8, 4) is 0 Å². The van der Waals surface area contributed by atoms with E-state index in [-0.39, 0.29) is 0 Å². The van der Waals surface area contributed by atoms with Crippen LogP contribution in [0.1, 0.15) is 29.1 Å². The molecule has 2 aromatic rings. The number of aryl methyl sites for hydroxylation is 1. The first-order valence-corrected chi connectivity index (χ1v) is 7.34. The van der Waals surface area contributed by atoms with Gasteiger partial charge in [0.1, 0.15) is 0 Å². The number of benzene rings is 1. The fourth-order valence-electron chi connectivity index (χ4n) is 2.11. The van der Waals surface area contributed by atoms with Crippen LogP contribution in [0, 0.1) is 6.92 Å². The van der Waals surface area contributed by atoms with E-state index in [9.17, 15) is 0 Å². The van der Waals surface area contributed by atoms with Gasteiger partial charge in [-0.1, -0.05) is 37.3 Å². The van der Waals surface area contributed by atoms with Crippen molar-refractivity contribution in [2.75, 3.05) is 13.1 Å². The Morgan fingerprint density at radius 2 is 2.06 bits per heavy atom. The second-order valence-corrected chi connectivity index (χ2v) is 5.54. The van der Waals surface area contributed by atoms with E-state index in [1.54, 1.807) is 11.3 Å². The molecule has 0 fully saturated rings. The monoisotopic (exact) mass is 260 g/mol. The Morgan fingerprint density at radius 1 is 1.28 bits per heavy atom. The molecule has 0 aliphatic heterocycles. The lowest BCUT2D eigenvalue weighted by Gasteiger charge is -2.16. The molecule has 2 rings (SSSR count). The predicted octanol–water partition coefficient (Wildman–Crippen LogP) is 3.39. The highest BCUT2D eigenvalue weighted by molar-refractivity contribution is 7.09. The van der Waals surface area contributed by atoms with E-state index in [2.05, 4.69) is 59.9 Å². The maximum Gasteiger partial charge on any atom is 0.0897 e. The van der Waals surface area contributed by atoms with Crippen LogP contribution in [0.15, 0.2) is 35.7 Å². The Morgan fingerprint density at radius 3 is 2.67 bits per heavy atom. The molecule has 1 N–H and O–H groups in total. The number of hydrogen-bond donors (Lipinski definition) is 1. The summed E-state index contributed by atoms with van der Waals surface area (Å²) in [5.74, 6) is 0.507. The van der Waals surface area contributed by atoms with Gasteiger partial charge in [-0.25, -0.2) is 4.98 Å². The zero-order chi connectivity index (χ0) is 12.8. The van der Waals surface area contributed by atoms with Gasteiger partial charge in [0.25, 0.3) is 0 Å². The Balaban J connectivity index is 2.10. The predicted molar refractivity (Wildman–Crippen MR) is 78.3 cm³/mol. The summed E-state index contributed by atoms with van der Waals surface area (Å²) in [6.45, 7) is 6.24. The van der Waals surface area contributed by atoms with Crippen molar-refractivity contribution in [3.05, 3.63) is 52.0 Å². The molecule has 2 nitrogen and oxygen atoms in total. The summed E-state index contributed by atoms with van der Waals surface area (Å²) < 4.78 is 0. The van der Waals surface area contributed by atoms with E-state index in [1.807, 2.05) is 0 Å². The highest BCUT2D eigenvalue weighted by Crippen LogP contribution is 2.21. The minimum absolute atomic E-state index is 0.507. The molecule has 0 aliphatic carbocycles. The van der Waals surface area contributed by atoms with Crippen LogP contribution in [-0.4, -0.2) is 18.1 Å². The molecule has 0 saturated heterocycles. The third kappa shape index (κ3) is 3.65. The van der Waals surface area contributed by atoms with E-state index in [4.69, 9.17) is 0 Å². The molecule has 0 radical (unpaired) electrons. The van der Waals surface area contributed by atoms with E-state index >= 15 is 0 Å². The van der Waals surface area contributed by atoms with Crippen molar-refractivity contribution >= 4 is 11.3 Å². The summed E-state index contributed by atoms with van der Waals surface area (Å²) >= 11 is 1.73. The molecule has 0 bridgehead atoms. The van der Waals surface area contributed by atoms with Crippen molar-refractivity contribution < 1.29 is 0 Å². The third-order valence-electron chi connectivity index (χ3n) is 3.03. The summed E-state index contributed by atoms with van der Waals surface area (Å²) in [7, 11) is 0. The first-order valence-electron chi connectivity index (χ1n) is 6.46. The van der Waals surface area contributed by atoms with Crippen LogP contribution < -0.4 is 5.32 Å². The van der Waals surface area contributed by atoms with Crippen LogP contribution in [-0.2, 0) is 6.42 Å². The number of thiazole rings is 1. The van der Waals surface area contributed by atoms with Gasteiger partial charge in [0.15, 0.2) is 0 Å². The molecule has 1 heterocycles. The van der Waals surface area contributed by atoms with E-state index in [0.717, 1.165) is 24.5 Å². The van der Waals surface area contributed by atoms with Gasteiger partial charge >= 0.3 is 0 Å². The summed E-state index contributed by atoms with van der Waals surface area (Å²) in [5.41, 5.74) is 2.60.